The van der Waals surface area contributed by atoms with Crippen molar-refractivity contribution in [3.05, 3.63) is 11.6 Å². The summed E-state index contributed by atoms with van der Waals surface area (Å²) in [5.41, 5.74) is 0.367. The van der Waals surface area contributed by atoms with E-state index in [9.17, 15) is 13.2 Å². The maximum Gasteiger partial charge on any atom is 0.451 e. The fourth-order valence-corrected chi connectivity index (χ4v) is 2.66. The number of hydrogen-bond acceptors (Lipinski definition) is 4. The van der Waals surface area contributed by atoms with Crippen LogP contribution in [0.5, 0.6) is 0 Å². The molecule has 0 bridgehead atoms. The van der Waals surface area contributed by atoms with E-state index in [0.29, 0.717) is 17.8 Å². The van der Waals surface area contributed by atoms with Crippen molar-refractivity contribution in [1.29, 1.82) is 0 Å². The molecule has 0 unspecified atom stereocenters. The maximum absolute atomic E-state index is 12.5. The van der Waals surface area contributed by atoms with Crippen LogP contribution in [0.2, 0.25) is 0 Å². The number of nitrogens with zero attached hydrogens (tertiary/aromatic N) is 4. The number of aromatic nitrogens is 3. The van der Waals surface area contributed by atoms with Gasteiger partial charge in [-0.25, -0.2) is 0 Å². The first kappa shape index (κ1) is 11.9. The number of rotatable bonds is 2. The summed E-state index contributed by atoms with van der Waals surface area (Å²) in [7, 11) is 1.36. The lowest BCUT2D eigenvalue weighted by Crippen LogP contribution is -2.70. The minimum absolute atomic E-state index is 0.365. The fourth-order valence-electron chi connectivity index (χ4n) is 2.66. The number of alkyl halides is 3. The summed E-state index contributed by atoms with van der Waals surface area (Å²) in [5, 5.41) is 10.1. The van der Waals surface area contributed by atoms with Gasteiger partial charge in [-0.1, -0.05) is 0 Å². The van der Waals surface area contributed by atoms with Crippen molar-refractivity contribution in [3.63, 3.8) is 0 Å². The summed E-state index contributed by atoms with van der Waals surface area (Å²) < 4.78 is 38.6. The molecule has 3 rings (SSSR count). The Labute approximate surface area is 102 Å². The molecule has 0 saturated carbocycles. The normalized spacial score (nSPS) is 22.9. The van der Waals surface area contributed by atoms with Crippen molar-refractivity contribution in [2.24, 2.45) is 12.5 Å². The van der Waals surface area contributed by atoms with Gasteiger partial charge in [0.1, 0.15) is 5.82 Å². The molecule has 2 aliphatic rings. The Bertz CT molecular complexity index is 455. The minimum Gasteiger partial charge on any atom is -0.315 e. The molecule has 1 aromatic rings. The highest BCUT2D eigenvalue weighted by molar-refractivity contribution is 5.06. The predicted molar refractivity (Wildman–Crippen MR) is 56.6 cm³/mol. The van der Waals surface area contributed by atoms with Gasteiger partial charge < -0.3 is 9.88 Å². The zero-order valence-electron chi connectivity index (χ0n) is 9.96. The van der Waals surface area contributed by atoms with Crippen LogP contribution >= 0.6 is 0 Å². The van der Waals surface area contributed by atoms with Gasteiger partial charge in [0.05, 0.1) is 6.54 Å². The monoisotopic (exact) mass is 261 g/mol. The van der Waals surface area contributed by atoms with E-state index in [2.05, 4.69) is 20.4 Å². The lowest BCUT2D eigenvalue weighted by atomic mass is 9.74. The molecular weight excluding hydrogens is 247 g/mol. The molecule has 1 spiro atoms. The molecule has 0 radical (unpaired) electrons. The van der Waals surface area contributed by atoms with Crippen LogP contribution in [0, 0.1) is 5.41 Å². The molecule has 2 aliphatic heterocycles. The summed E-state index contributed by atoms with van der Waals surface area (Å²) in [4.78, 5) is 2.10. The van der Waals surface area contributed by atoms with E-state index in [0.717, 1.165) is 30.7 Å². The largest absolute Gasteiger partial charge is 0.451 e. The highest BCUT2D eigenvalue weighted by Crippen LogP contribution is 2.35. The van der Waals surface area contributed by atoms with Crippen LogP contribution in [-0.4, -0.2) is 45.8 Å². The van der Waals surface area contributed by atoms with Gasteiger partial charge in [0.2, 0.25) is 5.82 Å². The van der Waals surface area contributed by atoms with E-state index >= 15 is 0 Å². The third-order valence-corrected chi connectivity index (χ3v) is 3.70. The maximum atomic E-state index is 12.5. The Morgan fingerprint density at radius 3 is 2.39 bits per heavy atom. The summed E-state index contributed by atoms with van der Waals surface area (Å²) in [6.45, 7) is 4.30. The molecule has 0 amide bonds. The Morgan fingerprint density at radius 2 is 1.94 bits per heavy atom. The molecule has 5 nitrogen and oxygen atoms in total. The number of nitrogens with one attached hydrogen (secondary N) is 1. The van der Waals surface area contributed by atoms with E-state index in [1.54, 1.807) is 0 Å². The van der Waals surface area contributed by atoms with Crippen LogP contribution in [0.15, 0.2) is 0 Å². The molecule has 1 aromatic heterocycles. The van der Waals surface area contributed by atoms with E-state index < -0.39 is 12.0 Å². The van der Waals surface area contributed by atoms with Crippen molar-refractivity contribution in [1.82, 2.24) is 25.0 Å². The van der Waals surface area contributed by atoms with Crippen molar-refractivity contribution < 1.29 is 13.2 Å². The minimum atomic E-state index is -4.44. The van der Waals surface area contributed by atoms with Crippen molar-refractivity contribution in [2.45, 2.75) is 12.7 Å². The molecule has 2 fully saturated rings. The second-order valence-corrected chi connectivity index (χ2v) is 5.25. The van der Waals surface area contributed by atoms with Crippen LogP contribution in [0.3, 0.4) is 0 Å². The van der Waals surface area contributed by atoms with Crippen LogP contribution in [-0.2, 0) is 19.8 Å². The molecule has 3 heterocycles. The van der Waals surface area contributed by atoms with E-state index in [-0.39, 0.29) is 0 Å². The molecule has 1 N–H and O–H groups in total. The van der Waals surface area contributed by atoms with Gasteiger partial charge in [-0.3, -0.25) is 4.90 Å². The molecule has 0 aromatic carbocycles. The molecule has 2 saturated heterocycles. The quantitative estimate of drug-likeness (QED) is 0.828. The molecular formula is C10H14F3N5. The Balaban J connectivity index is 1.65. The second kappa shape index (κ2) is 3.67. The van der Waals surface area contributed by atoms with Gasteiger partial charge in [-0.2, -0.15) is 13.2 Å². The van der Waals surface area contributed by atoms with Gasteiger partial charge in [0.15, 0.2) is 0 Å². The van der Waals surface area contributed by atoms with E-state index in [1.807, 2.05) is 0 Å². The third kappa shape index (κ3) is 1.79. The lowest BCUT2D eigenvalue weighted by Gasteiger charge is -2.56. The first-order valence-corrected chi connectivity index (χ1v) is 5.78. The van der Waals surface area contributed by atoms with E-state index in [1.165, 1.54) is 7.05 Å². The smallest absolute Gasteiger partial charge is 0.315 e. The number of halogens is 3. The fraction of sp³-hybridized carbons (Fsp3) is 0.800. The average Bonchev–Trinajstić information content (AvgIpc) is 2.49. The molecule has 0 aliphatic carbocycles. The van der Waals surface area contributed by atoms with Crippen LogP contribution in [0.4, 0.5) is 13.2 Å². The van der Waals surface area contributed by atoms with Crippen molar-refractivity contribution in [3.8, 4) is 0 Å². The van der Waals surface area contributed by atoms with Crippen LogP contribution < -0.4 is 5.32 Å². The van der Waals surface area contributed by atoms with Gasteiger partial charge >= 0.3 is 6.18 Å². The third-order valence-electron chi connectivity index (χ3n) is 3.70. The lowest BCUT2D eigenvalue weighted by molar-refractivity contribution is -0.147. The Hall–Kier alpha value is -1.15. The summed E-state index contributed by atoms with van der Waals surface area (Å²) >= 11 is 0. The van der Waals surface area contributed by atoms with Crippen LogP contribution in [0.25, 0.3) is 0 Å². The van der Waals surface area contributed by atoms with Gasteiger partial charge in [0, 0.05) is 38.6 Å². The topological polar surface area (TPSA) is 46.0 Å². The number of likely N-dealkylation sites (tertiary alicyclic amines) is 1. The molecule has 0 atom stereocenters. The van der Waals surface area contributed by atoms with Crippen molar-refractivity contribution >= 4 is 0 Å². The standard InChI is InChI=1S/C10H14F3N5/c1-17-7(15-16-8(17)10(11,12)13)2-18-5-9(6-18)3-14-4-9/h14H,2-6H2,1H3. The second-order valence-electron chi connectivity index (χ2n) is 5.25. The Morgan fingerprint density at radius 1 is 1.28 bits per heavy atom. The van der Waals surface area contributed by atoms with Gasteiger partial charge in [-0.05, 0) is 0 Å². The highest BCUT2D eigenvalue weighted by atomic mass is 19.4. The first-order valence-electron chi connectivity index (χ1n) is 5.78. The zero-order valence-corrected chi connectivity index (χ0v) is 9.96. The Kier molecular flexibility index (Phi) is 2.43. The van der Waals surface area contributed by atoms with Gasteiger partial charge in [-0.15, -0.1) is 10.2 Å². The first-order chi connectivity index (χ1) is 8.40. The SMILES string of the molecule is Cn1c(CN2CC3(CNC3)C2)nnc1C(F)(F)F. The zero-order chi connectivity index (χ0) is 13.0. The van der Waals surface area contributed by atoms with E-state index in [4.69, 9.17) is 0 Å². The van der Waals surface area contributed by atoms with Crippen LogP contribution in [0.1, 0.15) is 11.6 Å². The van der Waals surface area contributed by atoms with Gasteiger partial charge in [0.25, 0.3) is 0 Å². The number of hydrogen-bond donors (Lipinski definition) is 1. The molecule has 18 heavy (non-hydrogen) atoms. The van der Waals surface area contributed by atoms with Crippen molar-refractivity contribution in [2.75, 3.05) is 26.2 Å². The summed E-state index contributed by atoms with van der Waals surface area (Å²) in [6.07, 6.45) is -4.44. The highest BCUT2D eigenvalue weighted by Gasteiger charge is 2.47. The summed E-state index contributed by atoms with van der Waals surface area (Å²) in [5.74, 6) is -0.567. The molecule has 100 valence electrons. The summed E-state index contributed by atoms with van der Waals surface area (Å²) in [6, 6.07) is 0. The molecule has 8 heteroatoms. The predicted octanol–water partition coefficient (Wildman–Crippen LogP) is 0.239. The average molecular weight is 261 g/mol.